The topological polar surface area (TPSA) is 73.9 Å². The lowest BCUT2D eigenvalue weighted by Crippen LogP contribution is -2.44. The van der Waals surface area contributed by atoms with Crippen molar-refractivity contribution in [1.82, 2.24) is 5.32 Å². The number of carbonyl (C=O) groups is 2. The number of benzene rings is 2. The van der Waals surface area contributed by atoms with Crippen molar-refractivity contribution in [2.75, 3.05) is 19.8 Å². The smallest absolute Gasteiger partial charge is 0.337 e. The zero-order valence-electron chi connectivity index (χ0n) is 17.2. The van der Waals surface area contributed by atoms with Gasteiger partial charge in [0.25, 0.3) is 0 Å². The second kappa shape index (κ2) is 12.0. The van der Waals surface area contributed by atoms with Crippen LogP contribution in [-0.4, -0.2) is 37.9 Å². The van der Waals surface area contributed by atoms with Crippen LogP contribution < -0.4 is 5.32 Å². The van der Waals surface area contributed by atoms with Crippen LogP contribution in [0.2, 0.25) is 0 Å². The van der Waals surface area contributed by atoms with E-state index in [2.05, 4.69) is 5.32 Å². The molecule has 0 unspecified atom stereocenters. The molecule has 0 saturated carbocycles. The fourth-order valence-corrected chi connectivity index (χ4v) is 3.07. The minimum atomic E-state index is -0.914. The molecule has 0 fully saturated rings. The Morgan fingerprint density at radius 2 is 1.28 bits per heavy atom. The molecule has 0 radical (unpaired) electrons. The van der Waals surface area contributed by atoms with Crippen LogP contribution in [-0.2, 0) is 23.8 Å². The summed E-state index contributed by atoms with van der Waals surface area (Å²) in [5.41, 5.74) is 1.55. The first-order chi connectivity index (χ1) is 14.1. The minimum Gasteiger partial charge on any atom is -0.465 e. The molecule has 6 nitrogen and oxygen atoms in total. The summed E-state index contributed by atoms with van der Waals surface area (Å²) >= 11 is 0. The van der Waals surface area contributed by atoms with Crippen molar-refractivity contribution < 1.29 is 23.8 Å². The number of esters is 2. The third-order valence-corrected chi connectivity index (χ3v) is 4.33. The van der Waals surface area contributed by atoms with Crippen molar-refractivity contribution in [3.05, 3.63) is 71.8 Å². The predicted octanol–water partition coefficient (Wildman–Crippen LogP) is 3.59. The quantitative estimate of drug-likeness (QED) is 0.582. The zero-order chi connectivity index (χ0) is 21.1. The molecule has 0 spiro atoms. The molecule has 29 heavy (non-hydrogen) atoms. The number of rotatable bonds is 11. The van der Waals surface area contributed by atoms with Gasteiger partial charge in [0.1, 0.15) is 6.04 Å². The van der Waals surface area contributed by atoms with Crippen molar-refractivity contribution in [3.63, 3.8) is 0 Å². The van der Waals surface area contributed by atoms with E-state index < -0.39 is 30.1 Å². The average molecular weight is 399 g/mol. The van der Waals surface area contributed by atoms with E-state index in [0.29, 0.717) is 6.61 Å². The molecule has 2 rings (SSSR count). The van der Waals surface area contributed by atoms with E-state index in [4.69, 9.17) is 14.2 Å². The van der Waals surface area contributed by atoms with Gasteiger partial charge in [0.05, 0.1) is 19.3 Å². The van der Waals surface area contributed by atoms with E-state index in [1.807, 2.05) is 67.6 Å². The lowest BCUT2D eigenvalue weighted by molar-refractivity contribution is -0.160. The van der Waals surface area contributed by atoms with Crippen LogP contribution in [0.25, 0.3) is 0 Å². The summed E-state index contributed by atoms with van der Waals surface area (Å²) in [5, 5.41) is 3.30. The Bertz CT molecular complexity index is 750. The fraction of sp³-hybridized carbons (Fsp3) is 0.391. The van der Waals surface area contributed by atoms with Crippen molar-refractivity contribution in [2.24, 2.45) is 0 Å². The maximum absolute atomic E-state index is 12.7. The van der Waals surface area contributed by atoms with E-state index in [9.17, 15) is 9.59 Å². The summed E-state index contributed by atoms with van der Waals surface area (Å²) in [6.45, 7) is 6.14. The normalized spacial score (nSPS) is 13.9. The zero-order valence-corrected chi connectivity index (χ0v) is 17.2. The highest BCUT2D eigenvalue weighted by atomic mass is 16.6. The Morgan fingerprint density at radius 1 is 0.759 bits per heavy atom. The molecule has 2 aromatic rings. The maximum Gasteiger partial charge on any atom is 0.337 e. The van der Waals surface area contributed by atoms with Gasteiger partial charge in [-0.1, -0.05) is 60.7 Å². The molecule has 6 heteroatoms. The van der Waals surface area contributed by atoms with Crippen LogP contribution in [0.3, 0.4) is 0 Å². The number of carbonyl (C=O) groups excluding carboxylic acids is 2. The molecule has 2 aromatic carbocycles. The van der Waals surface area contributed by atoms with E-state index in [0.717, 1.165) is 11.1 Å². The first kappa shape index (κ1) is 22.6. The van der Waals surface area contributed by atoms with Gasteiger partial charge in [0.15, 0.2) is 6.10 Å². The molecule has 0 aliphatic heterocycles. The van der Waals surface area contributed by atoms with Crippen LogP contribution in [0, 0.1) is 0 Å². The van der Waals surface area contributed by atoms with Crippen molar-refractivity contribution in [3.8, 4) is 0 Å². The Morgan fingerprint density at radius 3 is 1.79 bits per heavy atom. The second-order valence-electron chi connectivity index (χ2n) is 6.28. The molecule has 0 amide bonds. The monoisotopic (exact) mass is 399 g/mol. The molecular formula is C23H29NO5. The standard InChI is InChI=1S/C23H29NO5/c1-4-27-21(23(26)29-6-3)19(17-13-9-7-10-14-17)24-20(22(25)28-5-2)18-15-11-8-12-16-18/h7-16,19-21,24H,4-6H2,1-3H3/t19-,20+,21+/m1/s1. The van der Waals surface area contributed by atoms with Crippen LogP contribution in [0.1, 0.15) is 44.0 Å². The Kier molecular flexibility index (Phi) is 9.34. The highest BCUT2D eigenvalue weighted by molar-refractivity contribution is 5.79. The number of hydrogen-bond acceptors (Lipinski definition) is 6. The van der Waals surface area contributed by atoms with Crippen molar-refractivity contribution in [2.45, 2.75) is 39.0 Å². The molecule has 0 heterocycles. The van der Waals surface area contributed by atoms with E-state index in [1.165, 1.54) is 0 Å². The third kappa shape index (κ3) is 6.41. The SMILES string of the molecule is CCOC(=O)[C@@H](N[C@H](c1ccccc1)[C@H](OCC)C(=O)OCC)c1ccccc1. The van der Waals surface area contributed by atoms with Gasteiger partial charge in [-0.25, -0.2) is 9.59 Å². The molecule has 0 bridgehead atoms. The van der Waals surface area contributed by atoms with Crippen LogP contribution in [0.5, 0.6) is 0 Å². The molecule has 0 aliphatic carbocycles. The van der Waals surface area contributed by atoms with Gasteiger partial charge in [0.2, 0.25) is 0 Å². The lowest BCUT2D eigenvalue weighted by atomic mass is 9.98. The summed E-state index contributed by atoms with van der Waals surface area (Å²) in [7, 11) is 0. The lowest BCUT2D eigenvalue weighted by Gasteiger charge is -2.30. The number of nitrogens with one attached hydrogen (secondary N) is 1. The predicted molar refractivity (Wildman–Crippen MR) is 110 cm³/mol. The number of hydrogen-bond donors (Lipinski definition) is 1. The maximum atomic E-state index is 12.7. The molecular weight excluding hydrogens is 370 g/mol. The van der Waals surface area contributed by atoms with Crippen LogP contribution in [0.15, 0.2) is 60.7 Å². The largest absolute Gasteiger partial charge is 0.465 e. The summed E-state index contributed by atoms with van der Waals surface area (Å²) in [4.78, 5) is 25.4. The first-order valence-corrected chi connectivity index (χ1v) is 9.93. The van der Waals surface area contributed by atoms with Gasteiger partial charge in [-0.2, -0.15) is 0 Å². The van der Waals surface area contributed by atoms with Gasteiger partial charge in [-0.05, 0) is 31.9 Å². The van der Waals surface area contributed by atoms with E-state index in [1.54, 1.807) is 13.8 Å². The van der Waals surface area contributed by atoms with Crippen molar-refractivity contribution >= 4 is 11.9 Å². The Hall–Kier alpha value is -2.70. The summed E-state index contributed by atoms with van der Waals surface area (Å²) in [5.74, 6) is -0.898. The molecule has 156 valence electrons. The highest BCUT2D eigenvalue weighted by Gasteiger charge is 2.35. The number of ether oxygens (including phenoxy) is 3. The highest BCUT2D eigenvalue weighted by Crippen LogP contribution is 2.26. The Labute approximate surface area is 172 Å². The minimum absolute atomic E-state index is 0.240. The van der Waals surface area contributed by atoms with Crippen LogP contribution >= 0.6 is 0 Å². The summed E-state index contributed by atoms with van der Waals surface area (Å²) < 4.78 is 16.3. The van der Waals surface area contributed by atoms with E-state index in [-0.39, 0.29) is 13.2 Å². The summed E-state index contributed by atoms with van der Waals surface area (Å²) in [6.07, 6.45) is -0.914. The fourth-order valence-electron chi connectivity index (χ4n) is 3.07. The molecule has 0 aromatic heterocycles. The van der Waals surface area contributed by atoms with Gasteiger partial charge in [0, 0.05) is 6.61 Å². The molecule has 0 saturated heterocycles. The van der Waals surface area contributed by atoms with E-state index >= 15 is 0 Å². The Balaban J connectivity index is 2.45. The molecule has 0 aliphatic rings. The molecule has 3 atom stereocenters. The van der Waals surface area contributed by atoms with Gasteiger partial charge in [-0.3, -0.25) is 5.32 Å². The van der Waals surface area contributed by atoms with Gasteiger partial charge in [-0.15, -0.1) is 0 Å². The van der Waals surface area contributed by atoms with Crippen LogP contribution in [0.4, 0.5) is 0 Å². The molecule has 1 N–H and O–H groups in total. The average Bonchev–Trinajstić information content (AvgIpc) is 2.75. The second-order valence-corrected chi connectivity index (χ2v) is 6.28. The third-order valence-electron chi connectivity index (χ3n) is 4.33. The first-order valence-electron chi connectivity index (χ1n) is 9.93. The van der Waals surface area contributed by atoms with Crippen molar-refractivity contribution in [1.29, 1.82) is 0 Å². The summed E-state index contributed by atoms with van der Waals surface area (Å²) in [6, 6.07) is 17.3. The van der Waals surface area contributed by atoms with Gasteiger partial charge >= 0.3 is 11.9 Å². The van der Waals surface area contributed by atoms with Gasteiger partial charge < -0.3 is 14.2 Å².